The molecule has 2 aromatic rings. The Morgan fingerprint density at radius 1 is 1.15 bits per heavy atom. The monoisotopic (exact) mass is 349 g/mol. The van der Waals surface area contributed by atoms with Crippen molar-refractivity contribution in [3.8, 4) is 0 Å². The lowest BCUT2D eigenvalue weighted by Gasteiger charge is -2.17. The van der Waals surface area contributed by atoms with E-state index >= 15 is 0 Å². The maximum absolute atomic E-state index is 13.0. The third-order valence-corrected chi connectivity index (χ3v) is 4.76. The first-order valence-electron chi connectivity index (χ1n) is 8.89. The summed E-state index contributed by atoms with van der Waals surface area (Å²) >= 11 is 0. The van der Waals surface area contributed by atoms with Gasteiger partial charge in [0.05, 0.1) is 18.3 Å². The van der Waals surface area contributed by atoms with Gasteiger partial charge in [-0.15, -0.1) is 0 Å². The predicted octanol–water partition coefficient (Wildman–Crippen LogP) is 4.31. The summed E-state index contributed by atoms with van der Waals surface area (Å²) in [6, 6.07) is 13.9. The molecule has 2 aromatic carbocycles. The number of unbranched alkanes of at least 4 members (excludes halogenated alkanes) is 1. The van der Waals surface area contributed by atoms with Gasteiger partial charge in [0.1, 0.15) is 0 Å². The normalized spacial score (nSPS) is 16.0. The predicted molar refractivity (Wildman–Crippen MR) is 103 cm³/mol. The van der Waals surface area contributed by atoms with E-state index in [4.69, 9.17) is 4.74 Å². The lowest BCUT2D eigenvalue weighted by Crippen LogP contribution is -2.26. The second kappa shape index (κ2) is 7.56. The number of hydrogen-bond donors (Lipinski definition) is 0. The molecule has 0 aliphatic carbocycles. The highest BCUT2D eigenvalue weighted by Gasteiger charge is 2.36. The van der Waals surface area contributed by atoms with Crippen molar-refractivity contribution < 1.29 is 14.3 Å². The Morgan fingerprint density at radius 3 is 2.62 bits per heavy atom. The first-order chi connectivity index (χ1) is 12.6. The number of allylic oxidation sites excluding steroid dienone is 1. The molecular formula is C22H23NO3. The van der Waals surface area contributed by atoms with Crippen LogP contribution < -0.4 is 0 Å². The fraction of sp³-hybridized carbons (Fsp3) is 0.273. The van der Waals surface area contributed by atoms with Crippen molar-refractivity contribution in [2.24, 2.45) is 0 Å². The quantitative estimate of drug-likeness (QED) is 0.597. The van der Waals surface area contributed by atoms with Gasteiger partial charge in [0, 0.05) is 12.2 Å². The standard InChI is InChI=1S/C22H23NO3/c1-4-5-13-23-15(2)20(22(25)26-3)19(21(23)24)14-17-11-8-10-16-9-6-7-12-18(16)17/h6-12,14H,4-5,13H2,1-3H3/b19-14-. The summed E-state index contributed by atoms with van der Waals surface area (Å²) in [6.45, 7) is 4.49. The average Bonchev–Trinajstić information content (AvgIpc) is 2.89. The molecule has 26 heavy (non-hydrogen) atoms. The number of rotatable bonds is 5. The van der Waals surface area contributed by atoms with Crippen LogP contribution in [-0.4, -0.2) is 30.4 Å². The highest BCUT2D eigenvalue weighted by atomic mass is 16.5. The minimum absolute atomic E-state index is 0.135. The lowest BCUT2D eigenvalue weighted by molar-refractivity contribution is -0.136. The SMILES string of the molecule is CCCCN1C(=O)/C(=C\c2cccc3ccccc23)C(C(=O)OC)=C1C. The minimum atomic E-state index is -0.471. The van der Waals surface area contributed by atoms with E-state index in [0.29, 0.717) is 23.4 Å². The number of carbonyl (C=O) groups is 2. The smallest absolute Gasteiger partial charge is 0.340 e. The number of fused-ring (bicyclic) bond motifs is 1. The van der Waals surface area contributed by atoms with Gasteiger partial charge in [0.2, 0.25) is 0 Å². The third-order valence-electron chi connectivity index (χ3n) is 4.76. The Kier molecular flexibility index (Phi) is 5.21. The van der Waals surface area contributed by atoms with Gasteiger partial charge in [-0.3, -0.25) is 4.79 Å². The van der Waals surface area contributed by atoms with Crippen molar-refractivity contribution in [1.29, 1.82) is 0 Å². The number of benzene rings is 2. The summed E-state index contributed by atoms with van der Waals surface area (Å²) in [4.78, 5) is 27.0. The van der Waals surface area contributed by atoms with Gasteiger partial charge in [-0.1, -0.05) is 55.8 Å². The molecule has 0 atom stereocenters. The summed E-state index contributed by atoms with van der Waals surface area (Å²) in [5.41, 5.74) is 2.35. The molecule has 0 N–H and O–H groups in total. The van der Waals surface area contributed by atoms with Crippen LogP contribution in [0, 0.1) is 0 Å². The summed E-state index contributed by atoms with van der Waals surface area (Å²) in [6.07, 6.45) is 3.68. The van der Waals surface area contributed by atoms with Crippen LogP contribution in [0.2, 0.25) is 0 Å². The molecule has 4 nitrogen and oxygen atoms in total. The van der Waals surface area contributed by atoms with Gasteiger partial charge in [-0.05, 0) is 35.8 Å². The number of nitrogens with zero attached hydrogens (tertiary/aromatic N) is 1. The fourth-order valence-corrected chi connectivity index (χ4v) is 3.35. The second-order valence-corrected chi connectivity index (χ2v) is 6.39. The number of amides is 1. The summed E-state index contributed by atoms with van der Waals surface area (Å²) in [5, 5.41) is 2.14. The fourth-order valence-electron chi connectivity index (χ4n) is 3.35. The van der Waals surface area contributed by atoms with Gasteiger partial charge >= 0.3 is 5.97 Å². The number of hydrogen-bond acceptors (Lipinski definition) is 3. The Labute approximate surface area is 153 Å². The highest BCUT2D eigenvalue weighted by Crippen LogP contribution is 2.33. The van der Waals surface area contributed by atoms with Crippen molar-refractivity contribution in [1.82, 2.24) is 4.90 Å². The van der Waals surface area contributed by atoms with Gasteiger partial charge in [0.15, 0.2) is 0 Å². The molecule has 0 aromatic heterocycles. The van der Waals surface area contributed by atoms with E-state index in [1.807, 2.05) is 55.5 Å². The van der Waals surface area contributed by atoms with E-state index in [0.717, 1.165) is 29.2 Å². The summed E-state index contributed by atoms with van der Waals surface area (Å²) in [7, 11) is 1.34. The lowest BCUT2D eigenvalue weighted by atomic mass is 9.99. The van der Waals surface area contributed by atoms with E-state index in [1.54, 1.807) is 4.90 Å². The molecule has 0 fully saturated rings. The van der Waals surface area contributed by atoms with E-state index in [2.05, 4.69) is 6.92 Å². The van der Waals surface area contributed by atoms with Crippen molar-refractivity contribution in [2.75, 3.05) is 13.7 Å². The molecule has 0 bridgehead atoms. The largest absolute Gasteiger partial charge is 0.465 e. The van der Waals surface area contributed by atoms with Crippen molar-refractivity contribution in [2.45, 2.75) is 26.7 Å². The van der Waals surface area contributed by atoms with E-state index < -0.39 is 5.97 Å². The summed E-state index contributed by atoms with van der Waals surface area (Å²) in [5.74, 6) is -0.606. The maximum Gasteiger partial charge on any atom is 0.340 e. The molecule has 3 rings (SSSR count). The molecule has 1 aliphatic heterocycles. The number of methoxy groups -OCH3 is 1. The van der Waals surface area contributed by atoms with E-state index in [9.17, 15) is 9.59 Å². The van der Waals surface area contributed by atoms with Crippen LogP contribution in [0.25, 0.3) is 16.8 Å². The van der Waals surface area contributed by atoms with Crippen LogP contribution in [0.15, 0.2) is 59.3 Å². The third kappa shape index (κ3) is 3.15. The molecule has 4 heteroatoms. The van der Waals surface area contributed by atoms with Crippen LogP contribution in [0.1, 0.15) is 32.3 Å². The van der Waals surface area contributed by atoms with E-state index in [1.165, 1.54) is 7.11 Å². The molecule has 134 valence electrons. The minimum Gasteiger partial charge on any atom is -0.465 e. The Hall–Kier alpha value is -2.88. The Balaban J connectivity index is 2.13. The van der Waals surface area contributed by atoms with Gasteiger partial charge in [0.25, 0.3) is 5.91 Å². The van der Waals surface area contributed by atoms with Gasteiger partial charge in [-0.2, -0.15) is 0 Å². The number of ether oxygens (including phenoxy) is 1. The van der Waals surface area contributed by atoms with Gasteiger partial charge < -0.3 is 9.64 Å². The molecule has 0 unspecified atom stereocenters. The molecule has 1 amide bonds. The molecule has 0 spiro atoms. The number of carbonyl (C=O) groups excluding carboxylic acids is 2. The van der Waals surface area contributed by atoms with Crippen molar-refractivity contribution >= 4 is 28.7 Å². The first kappa shape index (κ1) is 17.9. The molecule has 1 aliphatic rings. The van der Waals surface area contributed by atoms with E-state index in [-0.39, 0.29) is 5.91 Å². The first-order valence-corrected chi connectivity index (χ1v) is 8.89. The molecule has 0 radical (unpaired) electrons. The zero-order chi connectivity index (χ0) is 18.7. The van der Waals surface area contributed by atoms with Crippen LogP contribution in [0.3, 0.4) is 0 Å². The molecule has 0 saturated carbocycles. The van der Waals surface area contributed by atoms with Crippen LogP contribution in [0.5, 0.6) is 0 Å². The second-order valence-electron chi connectivity index (χ2n) is 6.39. The maximum atomic E-state index is 13.0. The molecular weight excluding hydrogens is 326 g/mol. The zero-order valence-electron chi connectivity index (χ0n) is 15.4. The van der Waals surface area contributed by atoms with Crippen LogP contribution >= 0.6 is 0 Å². The van der Waals surface area contributed by atoms with Crippen molar-refractivity contribution in [3.63, 3.8) is 0 Å². The zero-order valence-corrected chi connectivity index (χ0v) is 15.4. The Bertz CT molecular complexity index is 919. The summed E-state index contributed by atoms with van der Waals surface area (Å²) < 4.78 is 4.94. The number of esters is 1. The Morgan fingerprint density at radius 2 is 1.88 bits per heavy atom. The van der Waals surface area contributed by atoms with Gasteiger partial charge in [-0.25, -0.2) is 4.79 Å². The molecule has 0 saturated heterocycles. The molecule has 1 heterocycles. The van der Waals surface area contributed by atoms with Crippen LogP contribution in [-0.2, 0) is 14.3 Å². The van der Waals surface area contributed by atoms with Crippen molar-refractivity contribution in [3.05, 3.63) is 64.9 Å². The van der Waals surface area contributed by atoms with Crippen LogP contribution in [0.4, 0.5) is 0 Å². The average molecular weight is 349 g/mol. The highest BCUT2D eigenvalue weighted by molar-refractivity contribution is 6.17. The topological polar surface area (TPSA) is 46.6 Å².